The van der Waals surface area contributed by atoms with E-state index in [-0.39, 0.29) is 35.7 Å². The summed E-state index contributed by atoms with van der Waals surface area (Å²) in [6.07, 6.45) is 8.51. The van der Waals surface area contributed by atoms with Gasteiger partial charge in [0.2, 0.25) is 0 Å². The number of halogens is 2. The maximum absolute atomic E-state index is 16.0. The molecule has 15 nitrogen and oxygen atoms in total. The van der Waals surface area contributed by atoms with Crippen molar-refractivity contribution in [2.24, 2.45) is 13.0 Å². The van der Waals surface area contributed by atoms with E-state index in [4.69, 9.17) is 14.4 Å². The van der Waals surface area contributed by atoms with Gasteiger partial charge in [0.15, 0.2) is 11.6 Å². The molecule has 0 spiro atoms. The van der Waals surface area contributed by atoms with E-state index >= 15 is 9.18 Å². The van der Waals surface area contributed by atoms with Crippen molar-refractivity contribution in [2.45, 2.75) is 76.6 Å². The van der Waals surface area contributed by atoms with Crippen LogP contribution in [0.2, 0.25) is 0 Å². The summed E-state index contributed by atoms with van der Waals surface area (Å²) in [6.45, 7) is 7.44. The van der Waals surface area contributed by atoms with Gasteiger partial charge in [-0.25, -0.2) is 18.4 Å². The minimum Gasteiger partial charge on any atom is -0.376 e. The van der Waals surface area contributed by atoms with Crippen molar-refractivity contribution < 1.29 is 22.8 Å². The predicted molar refractivity (Wildman–Crippen MR) is 228 cm³/mol. The molecule has 0 bridgehead atoms. The third-order valence-corrected chi connectivity index (χ3v) is 13.3. The topological polar surface area (TPSA) is 156 Å². The number of hydrogen-bond acceptors (Lipinski definition) is 8. The quantitative estimate of drug-likeness (QED) is 0.175. The van der Waals surface area contributed by atoms with Gasteiger partial charge in [-0.3, -0.25) is 32.8 Å². The third kappa shape index (κ3) is 6.22. The van der Waals surface area contributed by atoms with Crippen LogP contribution >= 0.6 is 0 Å². The van der Waals surface area contributed by atoms with Crippen LogP contribution in [0.4, 0.5) is 8.78 Å². The second-order valence-electron chi connectivity index (χ2n) is 17.8. The lowest BCUT2D eigenvalue weighted by molar-refractivity contribution is -0.0721. The molecule has 3 aliphatic rings. The van der Waals surface area contributed by atoms with Gasteiger partial charge in [-0.2, -0.15) is 10.2 Å². The van der Waals surface area contributed by atoms with E-state index in [1.165, 1.54) is 39.7 Å². The molecule has 2 fully saturated rings. The molecular weight excluding hydrogens is 811 g/mol. The van der Waals surface area contributed by atoms with Crippen LogP contribution in [-0.2, 0) is 30.3 Å². The summed E-state index contributed by atoms with van der Waals surface area (Å²) in [5, 5.41) is 14.4. The molecule has 1 saturated carbocycles. The number of H-pyrrole nitrogens is 1. The Labute approximate surface area is 358 Å². The molecule has 11 rings (SSSR count). The highest BCUT2D eigenvalue weighted by atomic mass is 19.1. The van der Waals surface area contributed by atoms with Gasteiger partial charge in [0.1, 0.15) is 28.4 Å². The average molecular weight is 855 g/mol. The molecule has 0 radical (unpaired) electrons. The Morgan fingerprint density at radius 1 is 0.968 bits per heavy atom. The molecule has 1 saturated heterocycles. The largest absolute Gasteiger partial charge is 0.438 e. The molecule has 8 aromatic rings. The van der Waals surface area contributed by atoms with Gasteiger partial charge in [0, 0.05) is 49.1 Å². The Kier molecular flexibility index (Phi) is 8.71. The van der Waals surface area contributed by atoms with Crippen LogP contribution in [0.5, 0.6) is 0 Å². The number of hydrogen-bond donors (Lipinski definition) is 1. The number of rotatable bonds is 8. The molecule has 63 heavy (non-hydrogen) atoms. The van der Waals surface area contributed by atoms with E-state index in [0.717, 1.165) is 42.3 Å². The molecule has 0 unspecified atom stereocenters. The molecule has 2 atom stereocenters. The Morgan fingerprint density at radius 2 is 1.75 bits per heavy atom. The predicted octanol–water partition coefficient (Wildman–Crippen LogP) is 6.79. The molecule has 1 N–H and O–H groups in total. The number of fused-ring (bicyclic) bond motifs is 3. The minimum atomic E-state index is -0.808. The summed E-state index contributed by atoms with van der Waals surface area (Å²) in [5.74, 6) is -1.16. The number of nitrogens with zero attached hydrogens (tertiary/aromatic N) is 9. The van der Waals surface area contributed by atoms with E-state index in [1.54, 1.807) is 45.7 Å². The summed E-state index contributed by atoms with van der Waals surface area (Å²) in [6, 6.07) is 16.7. The van der Waals surface area contributed by atoms with Gasteiger partial charge in [-0.05, 0) is 119 Å². The zero-order chi connectivity index (χ0) is 43.5. The fraction of sp³-hybridized carbons (Fsp3) is 0.348. The minimum absolute atomic E-state index is 0.0449. The van der Waals surface area contributed by atoms with Gasteiger partial charge in [-0.1, -0.05) is 11.2 Å². The van der Waals surface area contributed by atoms with Crippen molar-refractivity contribution >= 4 is 27.7 Å². The monoisotopic (exact) mass is 854 g/mol. The fourth-order valence-electron chi connectivity index (χ4n) is 10.1. The van der Waals surface area contributed by atoms with E-state index in [0.29, 0.717) is 58.4 Å². The Morgan fingerprint density at radius 3 is 2.49 bits per heavy atom. The number of imidazole rings is 1. The van der Waals surface area contributed by atoms with Crippen LogP contribution in [0.25, 0.3) is 44.4 Å². The molecular formula is C46H44F2N10O5. The van der Waals surface area contributed by atoms with Gasteiger partial charge >= 0.3 is 11.4 Å². The van der Waals surface area contributed by atoms with Crippen molar-refractivity contribution in [3.8, 4) is 22.6 Å². The number of nitrogens with one attached hydrogen (secondary N) is 1. The molecule has 1 amide bonds. The zero-order valence-electron chi connectivity index (χ0n) is 35.1. The lowest BCUT2D eigenvalue weighted by Gasteiger charge is -2.35. The smallest absolute Gasteiger partial charge is 0.376 e. The normalized spacial score (nSPS) is 19.2. The third-order valence-electron chi connectivity index (χ3n) is 13.3. The fourth-order valence-corrected chi connectivity index (χ4v) is 10.1. The summed E-state index contributed by atoms with van der Waals surface area (Å²) in [7, 11) is 1.72. The van der Waals surface area contributed by atoms with E-state index in [1.807, 2.05) is 17.6 Å². The van der Waals surface area contributed by atoms with Crippen LogP contribution in [0.1, 0.15) is 80.1 Å². The van der Waals surface area contributed by atoms with Crippen LogP contribution in [0.15, 0.2) is 93.4 Å². The summed E-state index contributed by atoms with van der Waals surface area (Å²) in [4.78, 5) is 46.7. The summed E-state index contributed by atoms with van der Waals surface area (Å²) >= 11 is 0. The molecule has 1 aliphatic carbocycles. The van der Waals surface area contributed by atoms with Crippen molar-refractivity contribution in [3.63, 3.8) is 0 Å². The first-order valence-electron chi connectivity index (χ1n) is 21.2. The summed E-state index contributed by atoms with van der Waals surface area (Å²) < 4.78 is 49.3. The number of amides is 1. The lowest BCUT2D eigenvalue weighted by atomic mass is 9.84. The number of ether oxygens (including phenoxy) is 1. The van der Waals surface area contributed by atoms with Crippen molar-refractivity contribution in [3.05, 3.63) is 135 Å². The Hall–Kier alpha value is -6.88. The summed E-state index contributed by atoms with van der Waals surface area (Å²) in [5.41, 5.74) is 3.38. The molecule has 2 aliphatic heterocycles. The van der Waals surface area contributed by atoms with Gasteiger partial charge in [0.05, 0.1) is 46.7 Å². The Balaban J connectivity index is 1.02. The van der Waals surface area contributed by atoms with Crippen molar-refractivity contribution in [1.29, 1.82) is 0 Å². The maximum atomic E-state index is 16.0. The van der Waals surface area contributed by atoms with Crippen molar-refractivity contribution in [1.82, 2.24) is 48.3 Å². The Bertz CT molecular complexity index is 3250. The average Bonchev–Trinajstić information content (AvgIpc) is 3.71. The molecule has 3 aromatic carbocycles. The molecule has 322 valence electrons. The zero-order valence-corrected chi connectivity index (χ0v) is 35.1. The first-order chi connectivity index (χ1) is 30.3. The molecule has 17 heteroatoms. The molecule has 5 aromatic heterocycles. The van der Waals surface area contributed by atoms with E-state index in [9.17, 15) is 14.0 Å². The second kappa shape index (κ2) is 14.1. The number of carbonyl (C=O) groups is 1. The van der Waals surface area contributed by atoms with Crippen LogP contribution in [0, 0.1) is 17.6 Å². The number of aryl methyl sites for hydroxylation is 1. The first kappa shape index (κ1) is 39.0. The first-order valence-corrected chi connectivity index (χ1v) is 21.2. The highest BCUT2D eigenvalue weighted by Crippen LogP contribution is 2.51. The molecule has 7 heterocycles. The standard InChI is InChI=1S/C46H44F2N10O5/c1-26-39-40(56-17-16-55(44(56)61)35-12-11-34-32(37(35)48)25-49-53(34)4)38(29-6-8-31(47)9-7-29)51-57(39)19-18-54(26)41(59)36-23-30-22-27(21-28-13-20-62-45(2,3)24-28)5-10-33(30)58(36)46(14-15-46)42-50-43(60)63-52-42/h5-12,16-17,22-23,25-26,28H,13-15,18-21,24H2,1-4H3,(H,50,52,60)/t26-,28+/m0/s1. The van der Waals surface area contributed by atoms with E-state index < -0.39 is 34.7 Å². The number of aromatic nitrogens is 9. The van der Waals surface area contributed by atoms with Gasteiger partial charge < -0.3 is 14.2 Å². The lowest BCUT2D eigenvalue weighted by Crippen LogP contribution is -2.43. The highest BCUT2D eigenvalue weighted by Gasteiger charge is 2.52. The number of aromatic amines is 1. The van der Waals surface area contributed by atoms with Gasteiger partial charge in [-0.15, -0.1) is 0 Å². The van der Waals surface area contributed by atoms with Gasteiger partial charge in [0.25, 0.3) is 5.91 Å². The SMILES string of the molecule is C[C@H]1c2c(-n3ccn(-c4ccc5c(cnn5C)c4F)c3=O)c(-c3ccc(F)cc3)nn2CCN1C(=O)c1cc2cc(C[C@H]3CCOC(C)(C)C3)ccc2n1C1(c2noc(=O)[nH]2)CC1. The van der Waals surface area contributed by atoms with Crippen LogP contribution < -0.4 is 11.4 Å². The second-order valence-corrected chi connectivity index (χ2v) is 17.8. The maximum Gasteiger partial charge on any atom is 0.438 e. The number of benzene rings is 3. The van der Waals surface area contributed by atoms with Crippen LogP contribution in [0.3, 0.4) is 0 Å². The highest BCUT2D eigenvalue weighted by molar-refractivity contribution is 6.00. The van der Waals surface area contributed by atoms with Crippen molar-refractivity contribution in [2.75, 3.05) is 13.2 Å². The van der Waals surface area contributed by atoms with Crippen LogP contribution in [-0.4, -0.2) is 73.0 Å². The number of carbonyl (C=O) groups excluding carboxylic acids is 1. The van der Waals surface area contributed by atoms with E-state index in [2.05, 4.69) is 47.3 Å².